The van der Waals surface area contributed by atoms with Crippen LogP contribution < -0.4 is 5.43 Å². The van der Waals surface area contributed by atoms with E-state index in [0.717, 1.165) is 5.56 Å². The van der Waals surface area contributed by atoms with Crippen molar-refractivity contribution in [1.82, 2.24) is 0 Å². The average molecular weight is 266 g/mol. The van der Waals surface area contributed by atoms with Gasteiger partial charge in [0.1, 0.15) is 17.1 Å². The van der Waals surface area contributed by atoms with Gasteiger partial charge in [-0.05, 0) is 17.7 Å². The van der Waals surface area contributed by atoms with Crippen molar-refractivity contribution in [2.24, 2.45) is 0 Å². The van der Waals surface area contributed by atoms with Gasteiger partial charge in [0.25, 0.3) is 0 Å². The van der Waals surface area contributed by atoms with Crippen LogP contribution in [0.5, 0.6) is 5.75 Å². The summed E-state index contributed by atoms with van der Waals surface area (Å²) in [5, 5.41) is 9.99. The first-order valence-electron chi connectivity index (χ1n) is 6.55. The summed E-state index contributed by atoms with van der Waals surface area (Å²) >= 11 is 0. The molecular formula is C17H14O3. The number of phenolic OH excluding ortho intramolecular Hbond substituents is 1. The van der Waals surface area contributed by atoms with Gasteiger partial charge in [-0.25, -0.2) is 0 Å². The fraction of sp³-hybridized carbons (Fsp3) is 0.118. The summed E-state index contributed by atoms with van der Waals surface area (Å²) in [6.07, 6.45) is 0.616. The number of phenols is 1. The molecule has 0 unspecified atom stereocenters. The lowest BCUT2D eigenvalue weighted by Crippen LogP contribution is -2.08. The van der Waals surface area contributed by atoms with Gasteiger partial charge in [0.15, 0.2) is 0 Å². The molecule has 3 aromatic rings. The Hall–Kier alpha value is -2.55. The second-order valence-electron chi connectivity index (χ2n) is 4.63. The number of hydrogen-bond acceptors (Lipinski definition) is 3. The van der Waals surface area contributed by atoms with Gasteiger partial charge < -0.3 is 9.52 Å². The molecule has 100 valence electrons. The number of aromatic hydroxyl groups is 1. The zero-order valence-corrected chi connectivity index (χ0v) is 11.1. The monoisotopic (exact) mass is 266 g/mol. The minimum atomic E-state index is -0.0608. The highest BCUT2D eigenvalue weighted by Crippen LogP contribution is 2.26. The van der Waals surface area contributed by atoms with Crippen molar-refractivity contribution in [3.63, 3.8) is 0 Å². The van der Waals surface area contributed by atoms with Crippen LogP contribution in [0.3, 0.4) is 0 Å². The van der Waals surface area contributed by atoms with E-state index in [9.17, 15) is 9.90 Å². The lowest BCUT2D eigenvalue weighted by atomic mass is 10.0. The van der Waals surface area contributed by atoms with Gasteiger partial charge in [-0.1, -0.05) is 37.3 Å². The van der Waals surface area contributed by atoms with Crippen molar-refractivity contribution in [1.29, 1.82) is 0 Å². The molecule has 2 aromatic carbocycles. The Kier molecular flexibility index (Phi) is 3.03. The summed E-state index contributed by atoms with van der Waals surface area (Å²) in [5.41, 5.74) is 1.82. The second-order valence-corrected chi connectivity index (χ2v) is 4.63. The van der Waals surface area contributed by atoms with Gasteiger partial charge in [-0.15, -0.1) is 0 Å². The summed E-state index contributed by atoms with van der Waals surface area (Å²) in [6, 6.07) is 14.1. The van der Waals surface area contributed by atoms with Crippen LogP contribution in [0.1, 0.15) is 12.7 Å². The molecule has 0 spiro atoms. The van der Waals surface area contributed by atoms with Gasteiger partial charge >= 0.3 is 0 Å². The molecule has 0 aliphatic rings. The molecule has 0 aliphatic carbocycles. The number of fused-ring (bicyclic) bond motifs is 1. The minimum absolute atomic E-state index is 0.0608. The lowest BCUT2D eigenvalue weighted by Gasteiger charge is -2.08. The fourth-order valence-electron chi connectivity index (χ4n) is 2.37. The molecule has 1 heterocycles. The topological polar surface area (TPSA) is 50.4 Å². The molecule has 3 nitrogen and oxygen atoms in total. The van der Waals surface area contributed by atoms with Crippen molar-refractivity contribution in [3.8, 4) is 16.9 Å². The van der Waals surface area contributed by atoms with Crippen LogP contribution in [0, 0.1) is 0 Å². The Morgan fingerprint density at radius 3 is 2.55 bits per heavy atom. The van der Waals surface area contributed by atoms with Crippen molar-refractivity contribution in [2.45, 2.75) is 13.3 Å². The van der Waals surface area contributed by atoms with Crippen LogP contribution >= 0.6 is 0 Å². The van der Waals surface area contributed by atoms with Crippen molar-refractivity contribution >= 4 is 11.0 Å². The first kappa shape index (κ1) is 12.5. The SMILES string of the molecule is CCc1oc2cc(O)ccc2c(=O)c1-c1ccccc1. The van der Waals surface area contributed by atoms with E-state index in [4.69, 9.17) is 4.42 Å². The third-order valence-corrected chi connectivity index (χ3v) is 3.33. The van der Waals surface area contributed by atoms with Gasteiger partial charge in [-0.3, -0.25) is 4.79 Å². The van der Waals surface area contributed by atoms with Gasteiger partial charge in [0, 0.05) is 12.5 Å². The molecule has 0 bridgehead atoms. The molecule has 3 heteroatoms. The highest BCUT2D eigenvalue weighted by atomic mass is 16.3. The van der Waals surface area contributed by atoms with Crippen LogP contribution in [0.4, 0.5) is 0 Å². The van der Waals surface area contributed by atoms with Crippen LogP contribution in [0.25, 0.3) is 22.1 Å². The van der Waals surface area contributed by atoms with E-state index in [1.165, 1.54) is 12.1 Å². The maximum Gasteiger partial charge on any atom is 0.200 e. The van der Waals surface area contributed by atoms with Crippen LogP contribution in [-0.4, -0.2) is 5.11 Å². The maximum atomic E-state index is 12.7. The first-order chi connectivity index (χ1) is 9.70. The van der Waals surface area contributed by atoms with Crippen molar-refractivity contribution < 1.29 is 9.52 Å². The predicted octanol–water partition coefficient (Wildman–Crippen LogP) is 3.73. The first-order valence-corrected chi connectivity index (χ1v) is 6.55. The average Bonchev–Trinajstić information content (AvgIpc) is 2.47. The molecule has 0 saturated heterocycles. The fourth-order valence-corrected chi connectivity index (χ4v) is 2.37. The number of hydrogen-bond donors (Lipinski definition) is 1. The van der Waals surface area contributed by atoms with E-state index in [1.54, 1.807) is 6.07 Å². The van der Waals surface area contributed by atoms with E-state index in [1.807, 2.05) is 37.3 Å². The van der Waals surface area contributed by atoms with Crippen LogP contribution in [0.15, 0.2) is 57.7 Å². The van der Waals surface area contributed by atoms with Crippen LogP contribution in [0.2, 0.25) is 0 Å². The highest BCUT2D eigenvalue weighted by molar-refractivity contribution is 5.83. The van der Waals surface area contributed by atoms with E-state index >= 15 is 0 Å². The zero-order chi connectivity index (χ0) is 14.1. The van der Waals surface area contributed by atoms with E-state index in [0.29, 0.717) is 28.7 Å². The Morgan fingerprint density at radius 2 is 1.85 bits per heavy atom. The zero-order valence-electron chi connectivity index (χ0n) is 11.1. The molecule has 1 aromatic heterocycles. The van der Waals surface area contributed by atoms with Crippen molar-refractivity contribution in [3.05, 3.63) is 64.5 Å². The Bertz CT molecular complexity index is 817. The molecular weight excluding hydrogens is 252 g/mol. The third kappa shape index (κ3) is 1.97. The van der Waals surface area contributed by atoms with Gasteiger partial charge in [-0.2, -0.15) is 0 Å². The number of benzene rings is 2. The smallest absolute Gasteiger partial charge is 0.200 e. The summed E-state index contributed by atoms with van der Waals surface area (Å²) in [4.78, 5) is 12.7. The van der Waals surface area contributed by atoms with Crippen LogP contribution in [-0.2, 0) is 6.42 Å². The standard InChI is InChI=1S/C17H14O3/c1-2-14-16(11-6-4-3-5-7-11)17(19)13-9-8-12(18)10-15(13)20-14/h3-10,18H,2H2,1H3. The Morgan fingerprint density at radius 1 is 1.10 bits per heavy atom. The number of aryl methyl sites for hydroxylation is 1. The lowest BCUT2D eigenvalue weighted by molar-refractivity contribution is 0.472. The molecule has 0 fully saturated rings. The maximum absolute atomic E-state index is 12.7. The molecule has 0 radical (unpaired) electrons. The largest absolute Gasteiger partial charge is 0.508 e. The van der Waals surface area contributed by atoms with E-state index in [-0.39, 0.29) is 11.2 Å². The molecule has 0 aliphatic heterocycles. The number of rotatable bonds is 2. The Labute approximate surface area is 116 Å². The molecule has 0 atom stereocenters. The Balaban J connectivity index is 2.40. The predicted molar refractivity (Wildman–Crippen MR) is 79.0 cm³/mol. The van der Waals surface area contributed by atoms with Gasteiger partial charge in [0.2, 0.25) is 5.43 Å². The van der Waals surface area contributed by atoms with Crippen molar-refractivity contribution in [2.75, 3.05) is 0 Å². The summed E-state index contributed by atoms with van der Waals surface area (Å²) in [6.45, 7) is 1.94. The molecule has 3 rings (SSSR count). The summed E-state index contributed by atoms with van der Waals surface area (Å²) in [7, 11) is 0. The normalized spacial score (nSPS) is 10.8. The minimum Gasteiger partial charge on any atom is -0.508 e. The molecule has 0 saturated carbocycles. The second kappa shape index (κ2) is 4.85. The molecule has 20 heavy (non-hydrogen) atoms. The van der Waals surface area contributed by atoms with E-state index in [2.05, 4.69) is 0 Å². The van der Waals surface area contributed by atoms with Gasteiger partial charge in [0.05, 0.1) is 10.9 Å². The highest BCUT2D eigenvalue weighted by Gasteiger charge is 2.15. The summed E-state index contributed by atoms with van der Waals surface area (Å²) in [5.74, 6) is 0.731. The third-order valence-electron chi connectivity index (χ3n) is 3.33. The quantitative estimate of drug-likeness (QED) is 0.769. The molecule has 0 amide bonds. The van der Waals surface area contributed by atoms with E-state index < -0.39 is 0 Å². The molecule has 1 N–H and O–H groups in total. The summed E-state index contributed by atoms with van der Waals surface area (Å²) < 4.78 is 5.80.